The van der Waals surface area contributed by atoms with Gasteiger partial charge in [-0.1, -0.05) is 42.5 Å². The van der Waals surface area contributed by atoms with Crippen molar-refractivity contribution in [2.24, 2.45) is 0 Å². The standard InChI is InChI=1S/C20H20N2O/c1-14-11-19(15(2)22-14)13-21-20(23)18-10-6-9-17(12-18)16-7-4-3-5-8-16/h3-12,22H,13H2,1-2H3,(H,21,23). The summed E-state index contributed by atoms with van der Waals surface area (Å²) in [5.41, 5.74) is 6.16. The number of hydrogen-bond donors (Lipinski definition) is 2. The average molecular weight is 304 g/mol. The van der Waals surface area contributed by atoms with E-state index in [1.165, 1.54) is 0 Å². The molecule has 0 spiro atoms. The zero-order valence-electron chi connectivity index (χ0n) is 13.4. The van der Waals surface area contributed by atoms with Crippen LogP contribution < -0.4 is 5.32 Å². The lowest BCUT2D eigenvalue weighted by molar-refractivity contribution is 0.0951. The van der Waals surface area contributed by atoms with Crippen LogP contribution in [-0.4, -0.2) is 10.9 Å². The van der Waals surface area contributed by atoms with Gasteiger partial charge in [-0.15, -0.1) is 0 Å². The highest BCUT2D eigenvalue weighted by Crippen LogP contribution is 2.20. The third-order valence-corrected chi connectivity index (χ3v) is 3.93. The minimum Gasteiger partial charge on any atom is -0.362 e. The first-order valence-corrected chi connectivity index (χ1v) is 7.72. The van der Waals surface area contributed by atoms with E-state index < -0.39 is 0 Å². The van der Waals surface area contributed by atoms with Crippen LogP contribution >= 0.6 is 0 Å². The Labute approximate surface area is 136 Å². The van der Waals surface area contributed by atoms with Gasteiger partial charge in [0, 0.05) is 23.5 Å². The minimum atomic E-state index is -0.0546. The van der Waals surface area contributed by atoms with Gasteiger partial charge in [-0.25, -0.2) is 0 Å². The maximum absolute atomic E-state index is 12.4. The van der Waals surface area contributed by atoms with Crippen molar-refractivity contribution in [3.63, 3.8) is 0 Å². The number of hydrogen-bond acceptors (Lipinski definition) is 1. The summed E-state index contributed by atoms with van der Waals surface area (Å²) in [7, 11) is 0. The molecule has 1 heterocycles. The second-order valence-electron chi connectivity index (χ2n) is 5.73. The molecule has 116 valence electrons. The molecule has 1 aromatic heterocycles. The van der Waals surface area contributed by atoms with E-state index in [0.717, 1.165) is 28.1 Å². The molecule has 2 aromatic carbocycles. The number of nitrogens with one attached hydrogen (secondary N) is 2. The third-order valence-electron chi connectivity index (χ3n) is 3.93. The zero-order chi connectivity index (χ0) is 16.2. The Kier molecular flexibility index (Phi) is 4.29. The van der Waals surface area contributed by atoms with Crippen molar-refractivity contribution in [2.45, 2.75) is 20.4 Å². The van der Waals surface area contributed by atoms with Gasteiger partial charge in [0.25, 0.3) is 5.91 Å². The monoisotopic (exact) mass is 304 g/mol. The molecule has 0 unspecified atom stereocenters. The highest BCUT2D eigenvalue weighted by molar-refractivity contribution is 5.95. The molecular formula is C20H20N2O. The molecule has 3 nitrogen and oxygen atoms in total. The van der Waals surface area contributed by atoms with Crippen molar-refractivity contribution in [2.75, 3.05) is 0 Å². The molecule has 0 radical (unpaired) electrons. The number of aryl methyl sites for hydroxylation is 2. The molecule has 1 amide bonds. The Morgan fingerprint density at radius 3 is 2.39 bits per heavy atom. The van der Waals surface area contributed by atoms with E-state index >= 15 is 0 Å². The fourth-order valence-electron chi connectivity index (χ4n) is 2.71. The minimum absolute atomic E-state index is 0.0546. The van der Waals surface area contributed by atoms with Crippen molar-refractivity contribution in [3.8, 4) is 11.1 Å². The van der Waals surface area contributed by atoms with Gasteiger partial charge >= 0.3 is 0 Å². The van der Waals surface area contributed by atoms with Crippen LogP contribution in [0.2, 0.25) is 0 Å². The quantitative estimate of drug-likeness (QED) is 0.744. The molecule has 23 heavy (non-hydrogen) atoms. The van der Waals surface area contributed by atoms with Crippen LogP contribution in [0.15, 0.2) is 60.7 Å². The second-order valence-corrected chi connectivity index (χ2v) is 5.73. The molecule has 0 bridgehead atoms. The number of aromatic nitrogens is 1. The van der Waals surface area contributed by atoms with E-state index in [1.54, 1.807) is 0 Å². The smallest absolute Gasteiger partial charge is 0.251 e. The van der Waals surface area contributed by atoms with Gasteiger partial charge in [-0.05, 0) is 48.7 Å². The topological polar surface area (TPSA) is 44.9 Å². The van der Waals surface area contributed by atoms with E-state index in [1.807, 2.05) is 68.4 Å². The fourth-order valence-corrected chi connectivity index (χ4v) is 2.71. The van der Waals surface area contributed by atoms with Crippen molar-refractivity contribution in [1.82, 2.24) is 10.3 Å². The average Bonchev–Trinajstić information content (AvgIpc) is 2.91. The molecule has 0 aliphatic carbocycles. The molecule has 0 atom stereocenters. The highest BCUT2D eigenvalue weighted by Gasteiger charge is 2.08. The van der Waals surface area contributed by atoms with Gasteiger partial charge in [0.2, 0.25) is 0 Å². The number of aromatic amines is 1. The first-order chi connectivity index (χ1) is 11.1. The lowest BCUT2D eigenvalue weighted by atomic mass is 10.0. The number of benzene rings is 2. The summed E-state index contributed by atoms with van der Waals surface area (Å²) < 4.78 is 0. The molecule has 0 aliphatic heterocycles. The predicted octanol–water partition coefficient (Wildman–Crippen LogP) is 4.23. The van der Waals surface area contributed by atoms with Crippen molar-refractivity contribution in [3.05, 3.63) is 83.2 Å². The summed E-state index contributed by atoms with van der Waals surface area (Å²) in [6.45, 7) is 4.57. The lowest BCUT2D eigenvalue weighted by Crippen LogP contribution is -2.22. The Hall–Kier alpha value is -2.81. The highest BCUT2D eigenvalue weighted by atomic mass is 16.1. The summed E-state index contributed by atoms with van der Waals surface area (Å²) in [5, 5.41) is 2.99. The van der Waals surface area contributed by atoms with Crippen LogP contribution in [0.5, 0.6) is 0 Å². The van der Waals surface area contributed by atoms with Crippen LogP contribution in [0, 0.1) is 13.8 Å². The van der Waals surface area contributed by atoms with E-state index in [4.69, 9.17) is 0 Å². The van der Waals surface area contributed by atoms with Crippen molar-refractivity contribution < 1.29 is 4.79 Å². The lowest BCUT2D eigenvalue weighted by Gasteiger charge is -2.07. The zero-order valence-corrected chi connectivity index (χ0v) is 13.4. The van der Waals surface area contributed by atoms with Gasteiger partial charge in [-0.2, -0.15) is 0 Å². The molecule has 3 rings (SSSR count). The fraction of sp³-hybridized carbons (Fsp3) is 0.150. The van der Waals surface area contributed by atoms with Crippen LogP contribution in [0.4, 0.5) is 0 Å². The summed E-state index contributed by atoms with van der Waals surface area (Å²) >= 11 is 0. The van der Waals surface area contributed by atoms with Gasteiger partial charge in [0.15, 0.2) is 0 Å². The van der Waals surface area contributed by atoms with Crippen molar-refractivity contribution in [1.29, 1.82) is 0 Å². The molecule has 2 N–H and O–H groups in total. The summed E-state index contributed by atoms with van der Waals surface area (Å²) in [5.74, 6) is -0.0546. The number of carbonyl (C=O) groups is 1. The third kappa shape index (κ3) is 3.51. The Balaban J connectivity index is 1.74. The second kappa shape index (κ2) is 6.53. The van der Waals surface area contributed by atoms with E-state index in [-0.39, 0.29) is 5.91 Å². The van der Waals surface area contributed by atoms with Crippen LogP contribution in [-0.2, 0) is 6.54 Å². The van der Waals surface area contributed by atoms with Crippen LogP contribution in [0.1, 0.15) is 27.3 Å². The maximum atomic E-state index is 12.4. The largest absolute Gasteiger partial charge is 0.362 e. The first-order valence-electron chi connectivity index (χ1n) is 7.72. The Morgan fingerprint density at radius 1 is 0.957 bits per heavy atom. The summed E-state index contributed by atoms with van der Waals surface area (Å²) in [6.07, 6.45) is 0. The summed E-state index contributed by atoms with van der Waals surface area (Å²) in [4.78, 5) is 15.6. The molecule has 0 fully saturated rings. The molecule has 3 aromatic rings. The Bertz CT molecular complexity index is 819. The van der Waals surface area contributed by atoms with Gasteiger partial charge < -0.3 is 10.3 Å². The number of rotatable bonds is 4. The van der Waals surface area contributed by atoms with Crippen molar-refractivity contribution >= 4 is 5.91 Å². The van der Waals surface area contributed by atoms with Crippen LogP contribution in [0.25, 0.3) is 11.1 Å². The van der Waals surface area contributed by atoms with E-state index in [0.29, 0.717) is 12.1 Å². The molecule has 0 saturated carbocycles. The van der Waals surface area contributed by atoms with Gasteiger partial charge in [0.1, 0.15) is 0 Å². The number of carbonyl (C=O) groups excluding carboxylic acids is 1. The first kappa shape index (κ1) is 15.1. The number of amides is 1. The molecule has 0 saturated heterocycles. The van der Waals surface area contributed by atoms with Crippen LogP contribution in [0.3, 0.4) is 0 Å². The predicted molar refractivity (Wildman–Crippen MR) is 93.3 cm³/mol. The van der Waals surface area contributed by atoms with Gasteiger partial charge in [0.05, 0.1) is 0 Å². The number of H-pyrrole nitrogens is 1. The summed E-state index contributed by atoms with van der Waals surface area (Å²) in [6, 6.07) is 19.9. The Morgan fingerprint density at radius 2 is 1.70 bits per heavy atom. The molecule has 0 aliphatic rings. The normalized spacial score (nSPS) is 10.5. The van der Waals surface area contributed by atoms with Gasteiger partial charge in [-0.3, -0.25) is 4.79 Å². The molecule has 3 heteroatoms. The van der Waals surface area contributed by atoms with E-state index in [2.05, 4.69) is 16.4 Å². The maximum Gasteiger partial charge on any atom is 0.251 e. The van der Waals surface area contributed by atoms with E-state index in [9.17, 15) is 4.79 Å². The molecular weight excluding hydrogens is 284 g/mol. The SMILES string of the molecule is Cc1cc(CNC(=O)c2cccc(-c3ccccc3)c2)c(C)[nH]1.